The Morgan fingerprint density at radius 1 is 1.20 bits per heavy atom. The Kier molecular flexibility index (Phi) is 2.08. The molecule has 15 heavy (non-hydrogen) atoms. The van der Waals surface area contributed by atoms with Crippen molar-refractivity contribution >= 4 is 0 Å². The molecule has 1 atom stereocenters. The second-order valence-electron chi connectivity index (χ2n) is 5.10. The van der Waals surface area contributed by atoms with E-state index in [4.69, 9.17) is 0 Å². The molecular formula is C13H18N2. The zero-order valence-electron chi connectivity index (χ0n) is 9.24. The molecule has 1 N–H and O–H groups in total. The van der Waals surface area contributed by atoms with Gasteiger partial charge in [0.1, 0.15) is 0 Å². The molecule has 2 fully saturated rings. The van der Waals surface area contributed by atoms with Crippen LogP contribution in [0.3, 0.4) is 0 Å². The molecule has 1 aromatic rings. The van der Waals surface area contributed by atoms with Crippen molar-refractivity contribution < 1.29 is 0 Å². The SMILES string of the molecule is CC(c1ccccc1)N1CC2(CNC2)C1. The van der Waals surface area contributed by atoms with Crippen LogP contribution in [0.25, 0.3) is 0 Å². The van der Waals surface area contributed by atoms with Crippen LogP contribution in [-0.2, 0) is 0 Å². The van der Waals surface area contributed by atoms with Crippen LogP contribution in [0.2, 0.25) is 0 Å². The Labute approximate surface area is 91.3 Å². The first kappa shape index (κ1) is 9.37. The first-order valence-corrected chi connectivity index (χ1v) is 5.79. The highest BCUT2D eigenvalue weighted by Gasteiger charge is 2.48. The van der Waals surface area contributed by atoms with E-state index in [1.807, 2.05) is 0 Å². The van der Waals surface area contributed by atoms with Crippen molar-refractivity contribution in [2.75, 3.05) is 26.2 Å². The maximum Gasteiger partial charge on any atom is 0.0320 e. The van der Waals surface area contributed by atoms with Crippen molar-refractivity contribution in [3.63, 3.8) is 0 Å². The van der Waals surface area contributed by atoms with Gasteiger partial charge in [0.2, 0.25) is 0 Å². The number of rotatable bonds is 2. The number of likely N-dealkylation sites (tertiary alicyclic amines) is 1. The monoisotopic (exact) mass is 202 g/mol. The lowest BCUT2D eigenvalue weighted by atomic mass is 9.73. The molecule has 2 heteroatoms. The minimum Gasteiger partial charge on any atom is -0.315 e. The number of hydrogen-bond acceptors (Lipinski definition) is 2. The molecule has 0 saturated carbocycles. The van der Waals surface area contributed by atoms with Crippen molar-refractivity contribution in [3.05, 3.63) is 35.9 Å². The van der Waals surface area contributed by atoms with Gasteiger partial charge in [-0.05, 0) is 12.5 Å². The summed E-state index contributed by atoms with van der Waals surface area (Å²) < 4.78 is 0. The lowest BCUT2D eigenvalue weighted by Crippen LogP contribution is -2.71. The molecule has 0 aromatic heterocycles. The summed E-state index contributed by atoms with van der Waals surface area (Å²) >= 11 is 0. The molecule has 2 saturated heterocycles. The summed E-state index contributed by atoms with van der Waals surface area (Å²) in [7, 11) is 0. The van der Waals surface area contributed by atoms with Crippen molar-refractivity contribution in [3.8, 4) is 0 Å². The molecule has 1 spiro atoms. The second-order valence-corrected chi connectivity index (χ2v) is 5.10. The van der Waals surface area contributed by atoms with Crippen LogP contribution in [0.5, 0.6) is 0 Å². The Morgan fingerprint density at radius 2 is 1.87 bits per heavy atom. The molecule has 0 amide bonds. The number of hydrogen-bond donors (Lipinski definition) is 1. The molecule has 2 heterocycles. The maximum absolute atomic E-state index is 3.38. The third-order valence-corrected chi connectivity index (χ3v) is 3.91. The van der Waals surface area contributed by atoms with Gasteiger partial charge < -0.3 is 5.32 Å². The number of nitrogens with zero attached hydrogens (tertiary/aromatic N) is 1. The van der Waals surface area contributed by atoms with Crippen LogP contribution < -0.4 is 5.32 Å². The highest BCUT2D eigenvalue weighted by molar-refractivity contribution is 5.20. The fourth-order valence-corrected chi connectivity index (χ4v) is 2.73. The summed E-state index contributed by atoms with van der Waals surface area (Å²) in [6.07, 6.45) is 0. The van der Waals surface area contributed by atoms with Crippen molar-refractivity contribution in [1.29, 1.82) is 0 Å². The number of benzene rings is 1. The largest absolute Gasteiger partial charge is 0.315 e. The van der Waals surface area contributed by atoms with Gasteiger partial charge in [-0.2, -0.15) is 0 Å². The zero-order chi connectivity index (χ0) is 10.3. The van der Waals surface area contributed by atoms with Crippen LogP contribution >= 0.6 is 0 Å². The summed E-state index contributed by atoms with van der Waals surface area (Å²) in [4.78, 5) is 2.58. The van der Waals surface area contributed by atoms with E-state index >= 15 is 0 Å². The van der Waals surface area contributed by atoms with Crippen LogP contribution in [0.1, 0.15) is 18.5 Å². The third-order valence-electron chi connectivity index (χ3n) is 3.91. The number of nitrogens with one attached hydrogen (secondary N) is 1. The van der Waals surface area contributed by atoms with E-state index in [1.165, 1.54) is 31.7 Å². The quantitative estimate of drug-likeness (QED) is 0.784. The maximum atomic E-state index is 3.38. The Morgan fingerprint density at radius 3 is 2.40 bits per heavy atom. The fourth-order valence-electron chi connectivity index (χ4n) is 2.73. The van der Waals surface area contributed by atoms with Gasteiger partial charge in [-0.3, -0.25) is 4.90 Å². The van der Waals surface area contributed by atoms with Gasteiger partial charge in [0, 0.05) is 37.6 Å². The molecule has 2 nitrogen and oxygen atoms in total. The summed E-state index contributed by atoms with van der Waals surface area (Å²) in [5, 5.41) is 3.38. The first-order chi connectivity index (χ1) is 7.29. The van der Waals surface area contributed by atoms with Gasteiger partial charge in [-0.25, -0.2) is 0 Å². The van der Waals surface area contributed by atoms with Crippen molar-refractivity contribution in [2.24, 2.45) is 5.41 Å². The topological polar surface area (TPSA) is 15.3 Å². The standard InChI is InChI=1S/C13H18N2/c1-11(12-5-3-2-4-6-12)15-9-13(10-15)7-14-8-13/h2-6,11,14H,7-10H2,1H3. The molecular weight excluding hydrogens is 184 g/mol. The molecule has 1 unspecified atom stereocenters. The van der Waals surface area contributed by atoms with E-state index in [-0.39, 0.29) is 0 Å². The molecule has 0 aliphatic carbocycles. The Balaban J connectivity index is 1.65. The van der Waals surface area contributed by atoms with Crippen molar-refractivity contribution in [1.82, 2.24) is 10.2 Å². The molecule has 0 radical (unpaired) electrons. The average Bonchev–Trinajstić information content (AvgIpc) is 2.14. The third kappa shape index (κ3) is 1.48. The first-order valence-electron chi connectivity index (χ1n) is 5.79. The van der Waals surface area contributed by atoms with Crippen LogP contribution in [0, 0.1) is 5.41 Å². The van der Waals surface area contributed by atoms with Gasteiger partial charge >= 0.3 is 0 Å². The molecule has 1 aromatic carbocycles. The van der Waals surface area contributed by atoms with Crippen LogP contribution in [-0.4, -0.2) is 31.1 Å². The van der Waals surface area contributed by atoms with Gasteiger partial charge in [0.25, 0.3) is 0 Å². The van der Waals surface area contributed by atoms with Crippen LogP contribution in [0.4, 0.5) is 0 Å². The normalized spacial score (nSPS) is 25.7. The predicted molar refractivity (Wildman–Crippen MR) is 61.7 cm³/mol. The lowest BCUT2D eigenvalue weighted by molar-refractivity contribution is -0.0618. The molecule has 0 bridgehead atoms. The minimum absolute atomic E-state index is 0.581. The average molecular weight is 202 g/mol. The summed E-state index contributed by atoms with van der Waals surface area (Å²) in [6.45, 7) is 7.32. The van der Waals surface area contributed by atoms with Crippen molar-refractivity contribution in [2.45, 2.75) is 13.0 Å². The van der Waals surface area contributed by atoms with E-state index in [2.05, 4.69) is 47.5 Å². The second kappa shape index (κ2) is 3.32. The van der Waals surface area contributed by atoms with E-state index in [9.17, 15) is 0 Å². The smallest absolute Gasteiger partial charge is 0.0320 e. The molecule has 3 rings (SSSR count). The van der Waals surface area contributed by atoms with Gasteiger partial charge in [-0.1, -0.05) is 30.3 Å². The summed E-state index contributed by atoms with van der Waals surface area (Å²) in [6, 6.07) is 11.4. The fraction of sp³-hybridized carbons (Fsp3) is 0.538. The highest BCUT2D eigenvalue weighted by atomic mass is 15.3. The van der Waals surface area contributed by atoms with Crippen LogP contribution in [0.15, 0.2) is 30.3 Å². The summed E-state index contributed by atoms with van der Waals surface area (Å²) in [5.41, 5.74) is 2.09. The van der Waals surface area contributed by atoms with E-state index in [0.29, 0.717) is 11.5 Å². The molecule has 2 aliphatic heterocycles. The highest BCUT2D eigenvalue weighted by Crippen LogP contribution is 2.39. The van der Waals surface area contributed by atoms with Gasteiger partial charge in [0.15, 0.2) is 0 Å². The minimum atomic E-state index is 0.581. The Bertz CT molecular complexity index is 335. The predicted octanol–water partition coefficient (Wildman–Crippen LogP) is 1.65. The summed E-state index contributed by atoms with van der Waals surface area (Å²) in [5.74, 6) is 0. The van der Waals surface area contributed by atoms with Gasteiger partial charge in [0.05, 0.1) is 0 Å². The van der Waals surface area contributed by atoms with E-state index in [1.54, 1.807) is 0 Å². The lowest BCUT2D eigenvalue weighted by Gasteiger charge is -2.58. The molecule has 80 valence electrons. The molecule has 2 aliphatic rings. The van der Waals surface area contributed by atoms with Gasteiger partial charge in [-0.15, -0.1) is 0 Å². The van der Waals surface area contributed by atoms with E-state index in [0.717, 1.165) is 0 Å². The zero-order valence-corrected chi connectivity index (χ0v) is 9.24. The van der Waals surface area contributed by atoms with E-state index < -0.39 is 0 Å². The Hall–Kier alpha value is -0.860.